The summed E-state index contributed by atoms with van der Waals surface area (Å²) in [5.41, 5.74) is 11.9. The first kappa shape index (κ1) is 39.9. The van der Waals surface area contributed by atoms with Crippen LogP contribution in [0.5, 0.6) is 0 Å². The topological polar surface area (TPSA) is 253 Å². The molecule has 6 atom stereocenters. The lowest BCUT2D eigenvalue weighted by molar-refractivity contribution is -0.126. The minimum absolute atomic E-state index is 0.0112. The molecule has 3 aliphatic heterocycles. The predicted molar refractivity (Wildman–Crippen MR) is 208 cm³/mol. The van der Waals surface area contributed by atoms with Gasteiger partial charge in [0.1, 0.15) is 18.1 Å². The largest absolute Gasteiger partial charge is 0.388 e. The van der Waals surface area contributed by atoms with Crippen LogP contribution in [0, 0.1) is 5.41 Å². The van der Waals surface area contributed by atoms with E-state index in [1.54, 1.807) is 91.0 Å². The summed E-state index contributed by atoms with van der Waals surface area (Å²) in [5, 5.41) is 18.7. The first-order valence-corrected chi connectivity index (χ1v) is 18.7. The molecule has 0 spiro atoms. The van der Waals surface area contributed by atoms with Gasteiger partial charge in [-0.2, -0.15) is 0 Å². The van der Waals surface area contributed by atoms with E-state index in [1.165, 1.54) is 14.7 Å². The van der Waals surface area contributed by atoms with Crippen LogP contribution < -0.4 is 32.7 Å². The zero-order valence-electron chi connectivity index (χ0n) is 31.1. The average Bonchev–Trinajstić information content (AvgIpc) is 3.95. The van der Waals surface area contributed by atoms with Gasteiger partial charge in [0, 0.05) is 61.4 Å². The van der Waals surface area contributed by atoms with E-state index in [0.717, 1.165) is 0 Å². The number of nitrogens with two attached hydrogens (primary N) is 2. The number of likely N-dealkylation sites (tertiary alicyclic amines) is 3. The molecule has 9 N–H and O–H groups in total. The maximum Gasteiger partial charge on any atom is 0.312 e. The van der Waals surface area contributed by atoms with Crippen LogP contribution in [-0.4, -0.2) is 124 Å². The van der Waals surface area contributed by atoms with Crippen molar-refractivity contribution in [2.75, 3.05) is 26.2 Å². The fraction of sp³-hybridized carbons (Fsp3) is 0.350. The molecule has 6 rings (SSSR count). The molecule has 0 saturated carbocycles. The quantitative estimate of drug-likeness (QED) is 0.0984. The number of primary amides is 1. The van der Waals surface area contributed by atoms with Gasteiger partial charge in [0.2, 0.25) is 17.7 Å². The minimum atomic E-state index is -1.04. The Kier molecular flexibility index (Phi) is 12.4. The molecule has 0 aliphatic carbocycles. The molecule has 57 heavy (non-hydrogen) atoms. The molecule has 298 valence electrons. The van der Waals surface area contributed by atoms with Crippen LogP contribution >= 0.6 is 0 Å². The lowest BCUT2D eigenvalue weighted by atomic mass is 10.1. The number of hydrogen-bond acceptors (Lipinski definition) is 8. The van der Waals surface area contributed by atoms with Crippen LogP contribution in [0.2, 0.25) is 0 Å². The number of carbonyl (C=O) groups excluding carboxylic acids is 7. The Morgan fingerprint density at radius 1 is 0.526 bits per heavy atom. The van der Waals surface area contributed by atoms with E-state index < -0.39 is 77.7 Å². The summed E-state index contributed by atoms with van der Waals surface area (Å²) >= 11 is 0. The molecular weight excluding hydrogens is 733 g/mol. The average molecular weight is 779 g/mol. The molecule has 17 nitrogen and oxygen atoms in total. The van der Waals surface area contributed by atoms with Crippen molar-refractivity contribution in [1.29, 1.82) is 5.41 Å². The van der Waals surface area contributed by atoms with Gasteiger partial charge in [-0.05, 0) is 55.7 Å². The third kappa shape index (κ3) is 9.55. The van der Waals surface area contributed by atoms with E-state index >= 15 is 0 Å². The first-order valence-electron chi connectivity index (χ1n) is 18.7. The van der Waals surface area contributed by atoms with Gasteiger partial charge in [-0.3, -0.25) is 34.2 Å². The van der Waals surface area contributed by atoms with Gasteiger partial charge in [0.05, 0.1) is 11.9 Å². The van der Waals surface area contributed by atoms with Crippen LogP contribution in [0.1, 0.15) is 56.8 Å². The third-order valence-corrected chi connectivity index (χ3v) is 10.4. The number of rotatable bonds is 12. The third-order valence-electron chi connectivity index (χ3n) is 10.4. The monoisotopic (exact) mass is 778 g/mol. The summed E-state index contributed by atoms with van der Waals surface area (Å²) in [6, 6.07) is 19.6. The Morgan fingerprint density at radius 2 is 0.860 bits per heavy atom. The van der Waals surface area contributed by atoms with Crippen molar-refractivity contribution in [2.24, 2.45) is 11.5 Å². The fourth-order valence-corrected chi connectivity index (χ4v) is 7.71. The molecule has 3 aliphatic rings. The Labute approximate surface area is 329 Å². The summed E-state index contributed by atoms with van der Waals surface area (Å²) in [4.78, 5) is 98.5. The Balaban J connectivity index is 1.19. The zero-order valence-corrected chi connectivity index (χ0v) is 31.1. The fourth-order valence-electron chi connectivity index (χ4n) is 7.71. The summed E-state index contributed by atoms with van der Waals surface area (Å²) in [7, 11) is 0. The van der Waals surface area contributed by atoms with Gasteiger partial charge < -0.3 is 47.4 Å². The summed E-state index contributed by atoms with van der Waals surface area (Å²) in [5.74, 6) is -2.85. The Hall–Kier alpha value is -6.78. The molecule has 3 fully saturated rings. The van der Waals surface area contributed by atoms with Gasteiger partial charge in [-0.25, -0.2) is 4.79 Å². The molecule has 3 aromatic rings. The van der Waals surface area contributed by atoms with Gasteiger partial charge in [0.25, 0.3) is 17.7 Å². The molecule has 0 unspecified atom stereocenters. The number of nitrogens with one attached hydrogen (secondary N) is 5. The molecular formula is C40H46N10O7. The highest BCUT2D eigenvalue weighted by molar-refractivity contribution is 6.00. The number of amidine groups is 1. The molecule has 8 amide bonds. The maximum atomic E-state index is 14.2. The van der Waals surface area contributed by atoms with Crippen LogP contribution in [0.3, 0.4) is 0 Å². The smallest absolute Gasteiger partial charge is 0.312 e. The number of nitrogens with zero attached hydrogens (tertiary/aromatic N) is 3. The standard InChI is InChI=1S/C40H46N10O7/c41-33(42)16-17-44-34(51)30-18-27(21-48(30)37(54)24-10-4-1-5-11-24)45-35(52)31-19-28(22-49(31)38(55)25-12-6-2-7-13-25)46-36(53)32-20-29(47-40(43)57)23-50(32)39(56)26-14-8-3-9-15-26/h1-15,27-32H,16-23H2,(H3,41,42)(H,44,51)(H,45,52)(H,46,53)(H3,43,47,57)/t27-,28-,29-,30+,31+,32+/m1/s1. The van der Waals surface area contributed by atoms with Gasteiger partial charge in [-0.1, -0.05) is 54.6 Å². The van der Waals surface area contributed by atoms with Gasteiger partial charge in [0.15, 0.2) is 0 Å². The van der Waals surface area contributed by atoms with E-state index in [2.05, 4.69) is 21.3 Å². The first-order chi connectivity index (χ1) is 27.4. The van der Waals surface area contributed by atoms with Gasteiger partial charge >= 0.3 is 6.03 Å². The lowest BCUT2D eigenvalue weighted by Gasteiger charge is -2.26. The van der Waals surface area contributed by atoms with Crippen molar-refractivity contribution in [3.05, 3.63) is 108 Å². The second kappa shape index (κ2) is 17.8. The molecule has 3 saturated heterocycles. The van der Waals surface area contributed by atoms with Crippen molar-refractivity contribution in [3.63, 3.8) is 0 Å². The summed E-state index contributed by atoms with van der Waals surface area (Å²) < 4.78 is 0. The number of benzene rings is 3. The Bertz CT molecular complexity index is 2000. The van der Waals surface area contributed by atoms with Gasteiger partial charge in [-0.15, -0.1) is 0 Å². The van der Waals surface area contributed by atoms with Crippen LogP contribution in [-0.2, 0) is 14.4 Å². The van der Waals surface area contributed by atoms with E-state index in [9.17, 15) is 33.6 Å². The molecule has 3 aromatic carbocycles. The van der Waals surface area contributed by atoms with Crippen molar-refractivity contribution >= 4 is 47.3 Å². The van der Waals surface area contributed by atoms with E-state index in [-0.39, 0.29) is 57.7 Å². The molecule has 0 radical (unpaired) electrons. The van der Waals surface area contributed by atoms with Crippen LogP contribution in [0.25, 0.3) is 0 Å². The highest BCUT2D eigenvalue weighted by Crippen LogP contribution is 2.27. The highest BCUT2D eigenvalue weighted by atomic mass is 16.2. The number of carbonyl (C=O) groups is 7. The molecule has 17 heteroatoms. The van der Waals surface area contributed by atoms with Crippen LogP contribution in [0.4, 0.5) is 4.79 Å². The van der Waals surface area contributed by atoms with Crippen molar-refractivity contribution < 1.29 is 33.6 Å². The molecule has 3 heterocycles. The van der Waals surface area contributed by atoms with E-state index in [1.807, 2.05) is 0 Å². The van der Waals surface area contributed by atoms with Crippen molar-refractivity contribution in [2.45, 2.75) is 61.9 Å². The Morgan fingerprint density at radius 3 is 1.19 bits per heavy atom. The second-order valence-corrected chi connectivity index (χ2v) is 14.4. The minimum Gasteiger partial charge on any atom is -0.388 e. The highest BCUT2D eigenvalue weighted by Gasteiger charge is 2.46. The maximum absolute atomic E-state index is 14.2. The predicted octanol–water partition coefficient (Wildman–Crippen LogP) is 0.179. The van der Waals surface area contributed by atoms with Crippen molar-refractivity contribution in [3.8, 4) is 0 Å². The second-order valence-electron chi connectivity index (χ2n) is 14.4. The van der Waals surface area contributed by atoms with E-state index in [0.29, 0.717) is 16.7 Å². The summed E-state index contributed by atoms with van der Waals surface area (Å²) in [6.45, 7) is 0.133. The molecule has 0 aromatic heterocycles. The normalized spacial score (nSPS) is 22.7. The SMILES string of the molecule is N=C(N)CCNC(=O)[C@@H]1C[C@@H](NC(=O)[C@@H]2C[C@@H](NC(=O)[C@@H]3C[C@@H](NC(N)=O)CN3C(=O)c3ccccc3)CN2C(=O)c2ccccc2)CN1C(=O)c1ccccc1. The molecule has 0 bridgehead atoms. The summed E-state index contributed by atoms with van der Waals surface area (Å²) in [6.07, 6.45) is 0.346. The van der Waals surface area contributed by atoms with Crippen molar-refractivity contribution in [1.82, 2.24) is 36.0 Å². The number of amides is 8. The van der Waals surface area contributed by atoms with Crippen LogP contribution in [0.15, 0.2) is 91.0 Å². The zero-order chi connectivity index (χ0) is 40.6. The van der Waals surface area contributed by atoms with E-state index in [4.69, 9.17) is 16.9 Å². The lowest BCUT2D eigenvalue weighted by Crippen LogP contribution is -2.49. The number of urea groups is 1. The number of hydrogen-bond donors (Lipinski definition) is 7.